The molecule has 0 radical (unpaired) electrons. The highest BCUT2D eigenvalue weighted by molar-refractivity contribution is 5.66. The second-order valence-corrected chi connectivity index (χ2v) is 6.93. The fourth-order valence-electron chi connectivity index (χ4n) is 2.95. The van der Waals surface area contributed by atoms with Gasteiger partial charge in [-0.25, -0.2) is 0 Å². The van der Waals surface area contributed by atoms with E-state index in [0.29, 0.717) is 6.42 Å². The normalized spacial score (nSPS) is 28.7. The second kappa shape index (κ2) is 11.8. The Morgan fingerprint density at radius 1 is 1.08 bits per heavy atom. The summed E-state index contributed by atoms with van der Waals surface area (Å²) in [4.78, 5) is 10.4. The number of ether oxygens (including phenoxy) is 2. The maximum absolute atomic E-state index is 10.4. The Morgan fingerprint density at radius 2 is 1.67 bits per heavy atom. The van der Waals surface area contributed by atoms with E-state index in [1.165, 1.54) is 0 Å². The zero-order valence-electron chi connectivity index (χ0n) is 15.0. The SMILES string of the molecule is C[C@H](CCCCCCCCCC(=O)O)O[C@@H]1O[C@@H](C)[C@H](O)C[C@H]1O. The first-order valence-corrected chi connectivity index (χ1v) is 9.29. The number of aliphatic hydroxyl groups excluding tert-OH is 2. The predicted molar refractivity (Wildman–Crippen MR) is 90.7 cm³/mol. The van der Waals surface area contributed by atoms with E-state index in [1.807, 2.05) is 6.92 Å². The van der Waals surface area contributed by atoms with E-state index in [-0.39, 0.29) is 18.6 Å². The van der Waals surface area contributed by atoms with E-state index in [4.69, 9.17) is 14.6 Å². The van der Waals surface area contributed by atoms with Gasteiger partial charge in [0, 0.05) is 12.8 Å². The number of aliphatic carboxylic acids is 1. The Morgan fingerprint density at radius 3 is 2.29 bits per heavy atom. The van der Waals surface area contributed by atoms with E-state index in [0.717, 1.165) is 51.4 Å². The summed E-state index contributed by atoms with van der Waals surface area (Å²) in [5, 5.41) is 28.1. The second-order valence-electron chi connectivity index (χ2n) is 6.93. The standard InChI is InChI=1S/C18H34O6/c1-13(23-18-16(20)12-15(19)14(2)24-18)10-8-6-4-3-5-7-9-11-17(21)22/h13-16,18-20H,3-12H2,1-2H3,(H,21,22)/t13-,14+,15-,16-,18-/m1/s1. The van der Waals surface area contributed by atoms with E-state index in [9.17, 15) is 15.0 Å². The summed E-state index contributed by atoms with van der Waals surface area (Å²) in [5.74, 6) is -0.708. The van der Waals surface area contributed by atoms with E-state index in [1.54, 1.807) is 6.92 Å². The molecule has 0 aromatic heterocycles. The molecule has 6 heteroatoms. The van der Waals surface area contributed by atoms with Gasteiger partial charge in [0.25, 0.3) is 0 Å². The molecule has 24 heavy (non-hydrogen) atoms. The molecule has 1 heterocycles. The molecular weight excluding hydrogens is 312 g/mol. The molecule has 1 aliphatic heterocycles. The summed E-state index contributed by atoms with van der Waals surface area (Å²) in [6.07, 6.45) is 6.51. The van der Waals surface area contributed by atoms with Crippen LogP contribution in [0.2, 0.25) is 0 Å². The summed E-state index contributed by atoms with van der Waals surface area (Å²) in [6.45, 7) is 3.77. The van der Waals surface area contributed by atoms with Gasteiger partial charge in [0.2, 0.25) is 0 Å². The molecule has 0 aromatic carbocycles. The molecule has 6 nitrogen and oxygen atoms in total. The molecule has 0 spiro atoms. The van der Waals surface area contributed by atoms with Crippen molar-refractivity contribution < 1.29 is 29.6 Å². The Labute approximate surface area is 145 Å². The Hall–Kier alpha value is -0.690. The molecule has 1 aliphatic rings. The van der Waals surface area contributed by atoms with Gasteiger partial charge < -0.3 is 24.8 Å². The van der Waals surface area contributed by atoms with Crippen LogP contribution in [0.1, 0.15) is 78.1 Å². The lowest BCUT2D eigenvalue weighted by Gasteiger charge is -2.36. The highest BCUT2D eigenvalue weighted by Crippen LogP contribution is 2.23. The van der Waals surface area contributed by atoms with Crippen LogP contribution in [0, 0.1) is 0 Å². The van der Waals surface area contributed by atoms with Crippen LogP contribution in [-0.2, 0) is 14.3 Å². The van der Waals surface area contributed by atoms with Crippen molar-refractivity contribution in [1.82, 2.24) is 0 Å². The van der Waals surface area contributed by atoms with Gasteiger partial charge in [0.1, 0.15) is 6.10 Å². The molecule has 0 bridgehead atoms. The van der Waals surface area contributed by atoms with Crippen LogP contribution < -0.4 is 0 Å². The zero-order valence-corrected chi connectivity index (χ0v) is 15.0. The third-order valence-corrected chi connectivity index (χ3v) is 4.56. The Bertz CT molecular complexity index is 348. The average molecular weight is 346 g/mol. The lowest BCUT2D eigenvalue weighted by atomic mass is 10.0. The largest absolute Gasteiger partial charge is 0.481 e. The number of carboxylic acids is 1. The lowest BCUT2D eigenvalue weighted by molar-refractivity contribution is -0.273. The summed E-state index contributed by atoms with van der Waals surface area (Å²) in [5.41, 5.74) is 0. The van der Waals surface area contributed by atoms with Crippen molar-refractivity contribution in [3.05, 3.63) is 0 Å². The molecule has 1 rings (SSSR count). The van der Waals surface area contributed by atoms with Crippen LogP contribution in [0.5, 0.6) is 0 Å². The molecule has 0 aromatic rings. The number of carboxylic acid groups (broad SMARTS) is 1. The number of unbranched alkanes of at least 4 members (excludes halogenated alkanes) is 6. The number of rotatable bonds is 12. The minimum atomic E-state index is -0.774. The summed E-state index contributed by atoms with van der Waals surface area (Å²) in [7, 11) is 0. The quantitative estimate of drug-likeness (QED) is 0.470. The fraction of sp³-hybridized carbons (Fsp3) is 0.944. The van der Waals surface area contributed by atoms with Gasteiger partial charge in [0.15, 0.2) is 6.29 Å². The third kappa shape index (κ3) is 8.97. The van der Waals surface area contributed by atoms with Gasteiger partial charge in [-0.3, -0.25) is 4.79 Å². The van der Waals surface area contributed by atoms with Gasteiger partial charge in [0.05, 0.1) is 18.3 Å². The van der Waals surface area contributed by atoms with Crippen LogP contribution in [0.4, 0.5) is 0 Å². The predicted octanol–water partition coefficient (Wildman–Crippen LogP) is 2.84. The Balaban J connectivity index is 2.00. The highest BCUT2D eigenvalue weighted by atomic mass is 16.7. The van der Waals surface area contributed by atoms with Crippen molar-refractivity contribution in [2.24, 2.45) is 0 Å². The van der Waals surface area contributed by atoms with Gasteiger partial charge in [-0.1, -0.05) is 38.5 Å². The lowest BCUT2D eigenvalue weighted by Crippen LogP contribution is -2.48. The smallest absolute Gasteiger partial charge is 0.303 e. The average Bonchev–Trinajstić information content (AvgIpc) is 2.50. The molecule has 142 valence electrons. The van der Waals surface area contributed by atoms with Crippen molar-refractivity contribution in [2.45, 2.75) is 109 Å². The van der Waals surface area contributed by atoms with Crippen molar-refractivity contribution >= 4 is 5.97 Å². The van der Waals surface area contributed by atoms with Crippen molar-refractivity contribution in [1.29, 1.82) is 0 Å². The molecule has 5 atom stereocenters. The minimum absolute atomic E-state index is 0.0164. The molecule has 0 unspecified atom stereocenters. The van der Waals surface area contributed by atoms with Crippen LogP contribution in [0.25, 0.3) is 0 Å². The summed E-state index contributed by atoms with van der Waals surface area (Å²) < 4.78 is 11.3. The summed E-state index contributed by atoms with van der Waals surface area (Å²) >= 11 is 0. The van der Waals surface area contributed by atoms with Gasteiger partial charge in [-0.15, -0.1) is 0 Å². The van der Waals surface area contributed by atoms with Crippen LogP contribution in [-0.4, -0.2) is 52.0 Å². The number of hydrogen-bond acceptors (Lipinski definition) is 5. The Kier molecular flexibility index (Phi) is 10.5. The van der Waals surface area contributed by atoms with Gasteiger partial charge in [-0.05, 0) is 26.7 Å². The first-order chi connectivity index (χ1) is 11.4. The molecule has 1 fully saturated rings. The number of carbonyl (C=O) groups is 1. The van der Waals surface area contributed by atoms with Crippen molar-refractivity contribution in [3.8, 4) is 0 Å². The summed E-state index contributed by atoms with van der Waals surface area (Å²) in [6, 6.07) is 0. The first-order valence-electron chi connectivity index (χ1n) is 9.29. The zero-order chi connectivity index (χ0) is 17.9. The minimum Gasteiger partial charge on any atom is -0.481 e. The van der Waals surface area contributed by atoms with Crippen LogP contribution >= 0.6 is 0 Å². The van der Waals surface area contributed by atoms with Crippen molar-refractivity contribution in [3.63, 3.8) is 0 Å². The highest BCUT2D eigenvalue weighted by Gasteiger charge is 2.35. The number of aliphatic hydroxyl groups is 2. The topological polar surface area (TPSA) is 96.2 Å². The third-order valence-electron chi connectivity index (χ3n) is 4.56. The van der Waals surface area contributed by atoms with E-state index >= 15 is 0 Å². The van der Waals surface area contributed by atoms with Crippen LogP contribution in [0.15, 0.2) is 0 Å². The molecule has 0 saturated carbocycles. The maximum Gasteiger partial charge on any atom is 0.303 e. The molecule has 0 amide bonds. The number of hydrogen-bond donors (Lipinski definition) is 3. The van der Waals surface area contributed by atoms with Crippen molar-refractivity contribution in [2.75, 3.05) is 0 Å². The first kappa shape index (κ1) is 21.4. The molecular formula is C18H34O6. The molecule has 3 N–H and O–H groups in total. The van der Waals surface area contributed by atoms with E-state index in [2.05, 4.69) is 0 Å². The van der Waals surface area contributed by atoms with E-state index < -0.39 is 24.5 Å². The molecule has 0 aliphatic carbocycles. The maximum atomic E-state index is 10.4. The van der Waals surface area contributed by atoms with Crippen LogP contribution in [0.3, 0.4) is 0 Å². The van der Waals surface area contributed by atoms with Gasteiger partial charge in [-0.2, -0.15) is 0 Å². The fourth-order valence-corrected chi connectivity index (χ4v) is 2.95. The monoisotopic (exact) mass is 346 g/mol. The molecule has 1 saturated heterocycles. The van der Waals surface area contributed by atoms with Gasteiger partial charge >= 0.3 is 5.97 Å².